The first-order valence-electron chi connectivity index (χ1n) is 10.2. The molecule has 6 nitrogen and oxygen atoms in total. The summed E-state index contributed by atoms with van der Waals surface area (Å²) in [6, 6.07) is 7.92. The minimum absolute atomic E-state index is 0.0263. The van der Waals surface area contributed by atoms with Crippen molar-refractivity contribution in [2.45, 2.75) is 58.2 Å². The number of carbonyl (C=O) groups is 2. The van der Waals surface area contributed by atoms with Gasteiger partial charge >= 0.3 is 0 Å². The predicted molar refractivity (Wildman–Crippen MR) is 107 cm³/mol. The van der Waals surface area contributed by atoms with Crippen molar-refractivity contribution in [1.82, 2.24) is 9.80 Å². The smallest absolute Gasteiger partial charge is 0.263 e. The third-order valence-electron chi connectivity index (χ3n) is 5.47. The van der Waals surface area contributed by atoms with Gasteiger partial charge in [0.05, 0.1) is 0 Å². The molecule has 2 aliphatic heterocycles. The third kappa shape index (κ3) is 4.85. The number of carbonyl (C=O) groups excluding carboxylic acids is 2. The number of hydrogen-bond donors (Lipinski definition) is 0. The molecule has 0 radical (unpaired) electrons. The zero-order valence-corrected chi connectivity index (χ0v) is 17.4. The van der Waals surface area contributed by atoms with E-state index in [1.54, 1.807) is 11.8 Å². The van der Waals surface area contributed by atoms with Crippen molar-refractivity contribution < 1.29 is 19.1 Å². The lowest BCUT2D eigenvalue weighted by Crippen LogP contribution is -2.54. The maximum atomic E-state index is 12.8. The van der Waals surface area contributed by atoms with Gasteiger partial charge in [-0.1, -0.05) is 32.9 Å². The summed E-state index contributed by atoms with van der Waals surface area (Å²) in [5, 5.41) is 0. The topological polar surface area (TPSA) is 59.1 Å². The third-order valence-corrected chi connectivity index (χ3v) is 5.47. The van der Waals surface area contributed by atoms with E-state index in [0.29, 0.717) is 38.5 Å². The SMILES string of the molecule is CC(Oc1cccc(C(C)(C)C)c1)C(=O)N1CCN(C(=O)C2CCCO2)CC1. The normalized spacial score (nSPS) is 21.5. The number of hydrogen-bond acceptors (Lipinski definition) is 4. The van der Waals surface area contributed by atoms with E-state index in [4.69, 9.17) is 9.47 Å². The van der Waals surface area contributed by atoms with Crippen LogP contribution in [0.2, 0.25) is 0 Å². The lowest BCUT2D eigenvalue weighted by molar-refractivity contribution is -0.148. The molecule has 28 heavy (non-hydrogen) atoms. The summed E-state index contributed by atoms with van der Waals surface area (Å²) in [6.07, 6.45) is 0.895. The van der Waals surface area contributed by atoms with Crippen LogP contribution in [0.25, 0.3) is 0 Å². The Hall–Kier alpha value is -2.08. The molecule has 2 atom stereocenters. The van der Waals surface area contributed by atoms with Gasteiger partial charge in [-0.15, -0.1) is 0 Å². The maximum Gasteiger partial charge on any atom is 0.263 e. The molecule has 6 heteroatoms. The monoisotopic (exact) mass is 388 g/mol. The van der Waals surface area contributed by atoms with E-state index in [1.807, 2.05) is 23.1 Å². The van der Waals surface area contributed by atoms with Crippen LogP contribution in [-0.2, 0) is 19.7 Å². The Morgan fingerprint density at radius 2 is 1.82 bits per heavy atom. The molecule has 2 saturated heterocycles. The van der Waals surface area contributed by atoms with E-state index < -0.39 is 6.10 Å². The van der Waals surface area contributed by atoms with E-state index in [2.05, 4.69) is 26.8 Å². The molecule has 1 aromatic carbocycles. The van der Waals surface area contributed by atoms with E-state index in [0.717, 1.165) is 12.8 Å². The van der Waals surface area contributed by atoms with E-state index >= 15 is 0 Å². The van der Waals surface area contributed by atoms with E-state index in [-0.39, 0.29) is 23.3 Å². The highest BCUT2D eigenvalue weighted by Gasteiger charge is 2.32. The molecule has 2 heterocycles. The molecule has 0 spiro atoms. The Morgan fingerprint density at radius 1 is 1.14 bits per heavy atom. The zero-order valence-electron chi connectivity index (χ0n) is 17.4. The number of ether oxygens (including phenoxy) is 2. The molecule has 0 saturated carbocycles. The first-order chi connectivity index (χ1) is 13.3. The highest BCUT2D eigenvalue weighted by Crippen LogP contribution is 2.26. The maximum absolute atomic E-state index is 12.8. The average Bonchev–Trinajstić information content (AvgIpc) is 3.21. The molecular weight excluding hydrogens is 356 g/mol. The molecule has 2 unspecified atom stereocenters. The minimum atomic E-state index is -0.560. The molecule has 1 aromatic rings. The van der Waals surface area contributed by atoms with Crippen LogP contribution in [-0.4, -0.2) is 66.6 Å². The fourth-order valence-electron chi connectivity index (χ4n) is 3.67. The summed E-state index contributed by atoms with van der Waals surface area (Å²) in [6.45, 7) is 11.1. The van der Waals surface area contributed by atoms with Gasteiger partial charge in [-0.3, -0.25) is 9.59 Å². The predicted octanol–water partition coefficient (Wildman–Crippen LogP) is 2.60. The van der Waals surface area contributed by atoms with Crippen LogP contribution < -0.4 is 4.74 Å². The van der Waals surface area contributed by atoms with Gasteiger partial charge in [0.1, 0.15) is 11.9 Å². The van der Waals surface area contributed by atoms with Crippen LogP contribution in [0, 0.1) is 0 Å². The van der Waals surface area contributed by atoms with Gasteiger partial charge in [0.2, 0.25) is 0 Å². The van der Waals surface area contributed by atoms with Crippen LogP contribution in [0.15, 0.2) is 24.3 Å². The van der Waals surface area contributed by atoms with Gasteiger partial charge in [0.25, 0.3) is 11.8 Å². The Bertz CT molecular complexity index is 699. The molecule has 0 aliphatic carbocycles. The second-order valence-corrected chi connectivity index (χ2v) is 8.69. The first kappa shape index (κ1) is 20.6. The number of nitrogens with zero attached hydrogens (tertiary/aromatic N) is 2. The van der Waals surface area contributed by atoms with Gasteiger partial charge in [-0.05, 0) is 42.9 Å². The molecule has 2 aliphatic rings. The number of amides is 2. The van der Waals surface area contributed by atoms with Crippen molar-refractivity contribution in [3.63, 3.8) is 0 Å². The summed E-state index contributed by atoms with van der Waals surface area (Å²) in [4.78, 5) is 28.8. The second-order valence-electron chi connectivity index (χ2n) is 8.69. The van der Waals surface area contributed by atoms with Crippen molar-refractivity contribution in [1.29, 1.82) is 0 Å². The highest BCUT2D eigenvalue weighted by molar-refractivity contribution is 5.83. The average molecular weight is 389 g/mol. The fourth-order valence-corrected chi connectivity index (χ4v) is 3.67. The van der Waals surface area contributed by atoms with Crippen molar-refractivity contribution in [3.05, 3.63) is 29.8 Å². The Balaban J connectivity index is 1.52. The Morgan fingerprint density at radius 3 is 2.43 bits per heavy atom. The Labute approximate surface area is 167 Å². The first-order valence-corrected chi connectivity index (χ1v) is 10.2. The van der Waals surface area contributed by atoms with Gasteiger partial charge in [0.15, 0.2) is 6.10 Å². The molecule has 2 amide bonds. The van der Waals surface area contributed by atoms with Crippen LogP contribution >= 0.6 is 0 Å². The fraction of sp³-hybridized carbons (Fsp3) is 0.636. The van der Waals surface area contributed by atoms with Crippen LogP contribution in [0.5, 0.6) is 5.75 Å². The number of piperazine rings is 1. The summed E-state index contributed by atoms with van der Waals surface area (Å²) < 4.78 is 11.4. The summed E-state index contributed by atoms with van der Waals surface area (Å²) in [5.74, 6) is 0.735. The van der Waals surface area contributed by atoms with Gasteiger partial charge < -0.3 is 19.3 Å². The van der Waals surface area contributed by atoms with Crippen LogP contribution in [0.1, 0.15) is 46.1 Å². The van der Waals surface area contributed by atoms with Crippen molar-refractivity contribution in [2.75, 3.05) is 32.8 Å². The largest absolute Gasteiger partial charge is 0.481 e. The quantitative estimate of drug-likeness (QED) is 0.796. The minimum Gasteiger partial charge on any atom is -0.481 e. The molecule has 2 fully saturated rings. The van der Waals surface area contributed by atoms with Crippen molar-refractivity contribution >= 4 is 11.8 Å². The molecule has 154 valence electrons. The van der Waals surface area contributed by atoms with Crippen LogP contribution in [0.4, 0.5) is 0 Å². The number of rotatable bonds is 4. The zero-order chi connectivity index (χ0) is 20.3. The number of benzene rings is 1. The summed E-state index contributed by atoms with van der Waals surface area (Å²) >= 11 is 0. The van der Waals surface area contributed by atoms with Crippen LogP contribution in [0.3, 0.4) is 0 Å². The molecule has 0 aromatic heterocycles. The lowest BCUT2D eigenvalue weighted by atomic mass is 9.87. The van der Waals surface area contributed by atoms with E-state index in [9.17, 15) is 9.59 Å². The standard InChI is InChI=1S/C22H32N2O4/c1-16(28-18-8-5-7-17(15-18)22(2,3)4)20(25)23-10-12-24(13-11-23)21(26)19-9-6-14-27-19/h5,7-8,15-16,19H,6,9-14H2,1-4H3. The van der Waals surface area contributed by atoms with E-state index in [1.165, 1.54) is 5.56 Å². The highest BCUT2D eigenvalue weighted by atomic mass is 16.5. The summed E-state index contributed by atoms with van der Waals surface area (Å²) in [5.41, 5.74) is 1.20. The Kier molecular flexibility index (Phi) is 6.28. The molecule has 0 N–H and O–H groups in total. The van der Waals surface area contributed by atoms with Gasteiger partial charge in [0, 0.05) is 32.8 Å². The molecule has 0 bridgehead atoms. The summed E-state index contributed by atoms with van der Waals surface area (Å²) in [7, 11) is 0. The van der Waals surface area contributed by atoms with Gasteiger partial charge in [-0.25, -0.2) is 0 Å². The van der Waals surface area contributed by atoms with Crippen molar-refractivity contribution in [2.24, 2.45) is 0 Å². The molecular formula is C22H32N2O4. The molecule has 3 rings (SSSR count). The van der Waals surface area contributed by atoms with Crippen molar-refractivity contribution in [3.8, 4) is 5.75 Å². The van der Waals surface area contributed by atoms with Gasteiger partial charge in [-0.2, -0.15) is 0 Å². The second kappa shape index (κ2) is 8.52. The lowest BCUT2D eigenvalue weighted by Gasteiger charge is -2.36.